The van der Waals surface area contributed by atoms with Crippen LogP contribution in [0, 0.1) is 0 Å². The molecule has 3 rings (SSSR count). The summed E-state index contributed by atoms with van der Waals surface area (Å²) < 4.78 is 4.67. The first kappa shape index (κ1) is 19.3. The lowest BCUT2D eigenvalue weighted by Gasteiger charge is -2.08. The normalized spacial score (nSPS) is 10.2. The number of rotatable bonds is 6. The molecule has 0 saturated heterocycles. The minimum absolute atomic E-state index is 0.234. The number of esters is 1. The van der Waals surface area contributed by atoms with Gasteiger partial charge in [-0.05, 0) is 42.0 Å². The standard InChI is InChI=1S/C20H17ClN4O3/c1-28-20(27)14-4-8-16(9-5-14)25-18-10-17(23-12-24-18)19(26)22-11-13-2-6-15(21)7-3-13/h2-10,12H,11H2,1H3,(H,22,26)(H,23,24,25). The zero-order chi connectivity index (χ0) is 19.9. The molecule has 3 aromatic rings. The maximum Gasteiger partial charge on any atom is 0.337 e. The van der Waals surface area contributed by atoms with Gasteiger partial charge in [-0.3, -0.25) is 4.79 Å². The summed E-state index contributed by atoms with van der Waals surface area (Å²) in [6.45, 7) is 0.359. The van der Waals surface area contributed by atoms with E-state index in [9.17, 15) is 9.59 Å². The first-order chi connectivity index (χ1) is 13.5. The topological polar surface area (TPSA) is 93.2 Å². The fraction of sp³-hybridized carbons (Fsp3) is 0.100. The Hall–Kier alpha value is -3.45. The molecule has 0 radical (unpaired) electrons. The van der Waals surface area contributed by atoms with Crippen LogP contribution in [0.1, 0.15) is 26.4 Å². The van der Waals surface area contributed by atoms with E-state index in [4.69, 9.17) is 11.6 Å². The highest BCUT2D eigenvalue weighted by molar-refractivity contribution is 6.30. The average Bonchev–Trinajstić information content (AvgIpc) is 2.73. The van der Waals surface area contributed by atoms with Gasteiger partial charge in [-0.15, -0.1) is 0 Å². The van der Waals surface area contributed by atoms with Crippen LogP contribution >= 0.6 is 11.6 Å². The number of amides is 1. The number of nitrogens with zero attached hydrogens (tertiary/aromatic N) is 2. The Morgan fingerprint density at radius 1 is 1.04 bits per heavy atom. The summed E-state index contributed by atoms with van der Waals surface area (Å²) in [5, 5.41) is 6.51. The Balaban J connectivity index is 1.63. The van der Waals surface area contributed by atoms with Crippen molar-refractivity contribution in [3.8, 4) is 0 Å². The number of methoxy groups -OCH3 is 1. The molecule has 0 unspecified atom stereocenters. The van der Waals surface area contributed by atoms with Crippen LogP contribution in [-0.2, 0) is 11.3 Å². The molecular weight excluding hydrogens is 380 g/mol. The zero-order valence-electron chi connectivity index (χ0n) is 15.0. The Morgan fingerprint density at radius 2 is 1.75 bits per heavy atom. The Morgan fingerprint density at radius 3 is 2.43 bits per heavy atom. The fourth-order valence-corrected chi connectivity index (χ4v) is 2.51. The molecule has 28 heavy (non-hydrogen) atoms. The second kappa shape index (κ2) is 8.96. The van der Waals surface area contributed by atoms with E-state index in [2.05, 4.69) is 25.3 Å². The largest absolute Gasteiger partial charge is 0.465 e. The molecule has 2 aromatic carbocycles. The summed E-state index contributed by atoms with van der Waals surface area (Å²) in [5.41, 5.74) is 2.31. The van der Waals surface area contributed by atoms with E-state index >= 15 is 0 Å². The summed E-state index contributed by atoms with van der Waals surface area (Å²) in [7, 11) is 1.33. The van der Waals surface area contributed by atoms with Gasteiger partial charge in [-0.1, -0.05) is 23.7 Å². The SMILES string of the molecule is COC(=O)c1ccc(Nc2cc(C(=O)NCc3ccc(Cl)cc3)ncn2)cc1. The predicted molar refractivity (Wildman–Crippen MR) is 106 cm³/mol. The van der Waals surface area contributed by atoms with Crippen LogP contribution in [0.25, 0.3) is 0 Å². The second-order valence-corrected chi connectivity index (χ2v) is 6.23. The number of benzene rings is 2. The molecule has 1 heterocycles. The Labute approximate surface area is 166 Å². The highest BCUT2D eigenvalue weighted by Gasteiger charge is 2.09. The molecule has 8 heteroatoms. The second-order valence-electron chi connectivity index (χ2n) is 5.79. The van der Waals surface area contributed by atoms with E-state index in [0.717, 1.165) is 5.56 Å². The van der Waals surface area contributed by atoms with E-state index in [0.29, 0.717) is 28.6 Å². The fourth-order valence-electron chi connectivity index (χ4n) is 2.38. The van der Waals surface area contributed by atoms with Crippen LogP contribution in [0.15, 0.2) is 60.9 Å². The van der Waals surface area contributed by atoms with Gasteiger partial charge < -0.3 is 15.4 Å². The number of aromatic nitrogens is 2. The van der Waals surface area contributed by atoms with Crippen molar-refractivity contribution in [2.75, 3.05) is 12.4 Å². The van der Waals surface area contributed by atoms with Gasteiger partial charge in [0, 0.05) is 23.3 Å². The Bertz CT molecular complexity index is 976. The number of hydrogen-bond acceptors (Lipinski definition) is 6. The summed E-state index contributed by atoms with van der Waals surface area (Å²) in [4.78, 5) is 31.9. The summed E-state index contributed by atoms with van der Waals surface area (Å²) in [6.07, 6.45) is 1.31. The van der Waals surface area contributed by atoms with Crippen LogP contribution in [0.4, 0.5) is 11.5 Å². The van der Waals surface area contributed by atoms with Crippen LogP contribution in [0.2, 0.25) is 5.02 Å². The lowest BCUT2D eigenvalue weighted by molar-refractivity contribution is 0.0600. The third kappa shape index (κ3) is 5.05. The molecule has 142 valence electrons. The van der Waals surface area contributed by atoms with Crippen LogP contribution in [-0.4, -0.2) is 29.0 Å². The molecule has 0 saturated carbocycles. The number of nitrogens with one attached hydrogen (secondary N) is 2. The van der Waals surface area contributed by atoms with E-state index in [1.54, 1.807) is 42.5 Å². The lowest BCUT2D eigenvalue weighted by atomic mass is 10.2. The van der Waals surface area contributed by atoms with Crippen LogP contribution in [0.5, 0.6) is 0 Å². The summed E-state index contributed by atoms with van der Waals surface area (Å²) in [6, 6.07) is 15.5. The quantitative estimate of drug-likeness (QED) is 0.618. The third-order valence-electron chi connectivity index (χ3n) is 3.84. The first-order valence-corrected chi connectivity index (χ1v) is 8.73. The van der Waals surface area contributed by atoms with Gasteiger partial charge in [-0.2, -0.15) is 0 Å². The molecule has 0 aliphatic carbocycles. The third-order valence-corrected chi connectivity index (χ3v) is 4.10. The molecular formula is C20H17ClN4O3. The molecule has 0 aliphatic heterocycles. The molecule has 0 bridgehead atoms. The van der Waals surface area contributed by atoms with Crippen LogP contribution < -0.4 is 10.6 Å². The van der Waals surface area contributed by atoms with Crippen molar-refractivity contribution < 1.29 is 14.3 Å². The van der Waals surface area contributed by atoms with E-state index in [1.807, 2.05) is 12.1 Å². The Kier molecular flexibility index (Phi) is 6.18. The van der Waals surface area contributed by atoms with Gasteiger partial charge in [0.05, 0.1) is 12.7 Å². The van der Waals surface area contributed by atoms with Crippen molar-refractivity contribution in [3.05, 3.63) is 82.8 Å². The minimum atomic E-state index is -0.409. The number of halogens is 1. The molecule has 1 amide bonds. The van der Waals surface area contributed by atoms with Gasteiger partial charge >= 0.3 is 5.97 Å². The number of hydrogen-bond donors (Lipinski definition) is 2. The predicted octanol–water partition coefficient (Wildman–Crippen LogP) is 3.59. The van der Waals surface area contributed by atoms with Crippen molar-refractivity contribution >= 4 is 35.0 Å². The van der Waals surface area contributed by atoms with Gasteiger partial charge in [0.1, 0.15) is 17.8 Å². The van der Waals surface area contributed by atoms with Crippen LogP contribution in [0.3, 0.4) is 0 Å². The van der Waals surface area contributed by atoms with E-state index in [1.165, 1.54) is 13.4 Å². The first-order valence-electron chi connectivity index (χ1n) is 8.35. The molecule has 1 aromatic heterocycles. The van der Waals surface area contributed by atoms with E-state index in [-0.39, 0.29) is 11.6 Å². The highest BCUT2D eigenvalue weighted by atomic mass is 35.5. The average molecular weight is 397 g/mol. The van der Waals surface area contributed by atoms with Gasteiger partial charge in [0.25, 0.3) is 5.91 Å². The van der Waals surface area contributed by atoms with Gasteiger partial charge in [-0.25, -0.2) is 14.8 Å². The minimum Gasteiger partial charge on any atom is -0.465 e. The van der Waals surface area contributed by atoms with Crippen molar-refractivity contribution in [2.24, 2.45) is 0 Å². The molecule has 0 spiro atoms. The van der Waals surface area contributed by atoms with Crippen molar-refractivity contribution in [1.29, 1.82) is 0 Å². The lowest BCUT2D eigenvalue weighted by Crippen LogP contribution is -2.24. The summed E-state index contributed by atoms with van der Waals surface area (Å²) >= 11 is 5.85. The van der Waals surface area contributed by atoms with Crippen molar-refractivity contribution in [3.63, 3.8) is 0 Å². The van der Waals surface area contributed by atoms with Gasteiger partial charge in [0.2, 0.25) is 0 Å². The maximum absolute atomic E-state index is 12.3. The molecule has 7 nitrogen and oxygen atoms in total. The molecule has 0 fully saturated rings. The molecule has 0 aliphatic rings. The molecule has 0 atom stereocenters. The van der Waals surface area contributed by atoms with Crippen molar-refractivity contribution in [1.82, 2.24) is 15.3 Å². The summed E-state index contributed by atoms with van der Waals surface area (Å²) in [5.74, 6) is -0.271. The monoisotopic (exact) mass is 396 g/mol. The molecule has 2 N–H and O–H groups in total. The van der Waals surface area contributed by atoms with Crippen molar-refractivity contribution in [2.45, 2.75) is 6.54 Å². The van der Waals surface area contributed by atoms with E-state index < -0.39 is 5.97 Å². The zero-order valence-corrected chi connectivity index (χ0v) is 15.7. The number of ether oxygens (including phenoxy) is 1. The number of carbonyl (C=O) groups is 2. The smallest absolute Gasteiger partial charge is 0.337 e. The number of carbonyl (C=O) groups excluding carboxylic acids is 2. The highest BCUT2D eigenvalue weighted by Crippen LogP contribution is 2.16. The maximum atomic E-state index is 12.3. The van der Waals surface area contributed by atoms with Gasteiger partial charge in [0.15, 0.2) is 0 Å². The number of anilines is 2.